The number of para-hydroxylation sites is 2. The lowest BCUT2D eigenvalue weighted by molar-refractivity contribution is -0.144. The van der Waals surface area contributed by atoms with Gasteiger partial charge in [-0.1, -0.05) is 24.3 Å². The van der Waals surface area contributed by atoms with Gasteiger partial charge >= 0.3 is 5.97 Å². The van der Waals surface area contributed by atoms with Crippen LogP contribution in [0.4, 0.5) is 5.69 Å². The number of carbonyl (C=O) groups is 1. The first-order valence-corrected chi connectivity index (χ1v) is 8.13. The van der Waals surface area contributed by atoms with Crippen LogP contribution in [-0.2, 0) is 4.79 Å². The van der Waals surface area contributed by atoms with Crippen molar-refractivity contribution >= 4 is 35.2 Å². The molecule has 0 fully saturated rings. The molecule has 3 N–H and O–H groups in total. The standard InChI is InChI=1S/C18H19N3O4S/c1-12(17(22)23)25-16-13(7-6-10-15(16)24-2)11-19-21-18(26)20-14-8-4-3-5-9-14/h3-12H,1-2H3,(H,22,23)(H2,20,21,26)/b19-11+/t12-/m0/s1. The molecule has 8 heteroatoms. The van der Waals surface area contributed by atoms with Crippen LogP contribution in [0.1, 0.15) is 12.5 Å². The van der Waals surface area contributed by atoms with Crippen molar-refractivity contribution in [3.63, 3.8) is 0 Å². The summed E-state index contributed by atoms with van der Waals surface area (Å²) in [7, 11) is 1.48. The van der Waals surface area contributed by atoms with Gasteiger partial charge < -0.3 is 19.9 Å². The van der Waals surface area contributed by atoms with Crippen molar-refractivity contribution in [2.45, 2.75) is 13.0 Å². The van der Waals surface area contributed by atoms with Gasteiger partial charge in [-0.05, 0) is 43.4 Å². The number of anilines is 1. The average molecular weight is 373 g/mol. The van der Waals surface area contributed by atoms with E-state index in [1.54, 1.807) is 18.2 Å². The zero-order chi connectivity index (χ0) is 18.9. The second kappa shape index (κ2) is 9.38. The molecule has 2 rings (SSSR count). The monoisotopic (exact) mass is 373 g/mol. The number of rotatable bonds is 7. The van der Waals surface area contributed by atoms with Crippen LogP contribution in [0, 0.1) is 0 Å². The van der Waals surface area contributed by atoms with Crippen molar-refractivity contribution in [3.8, 4) is 11.5 Å². The lowest BCUT2D eigenvalue weighted by Gasteiger charge is -2.15. The molecule has 0 amide bonds. The van der Waals surface area contributed by atoms with E-state index in [1.165, 1.54) is 20.2 Å². The van der Waals surface area contributed by atoms with Crippen molar-refractivity contribution in [3.05, 3.63) is 54.1 Å². The number of carboxylic acids is 1. The Kier molecular flexibility index (Phi) is 6.92. The number of nitrogens with one attached hydrogen (secondary N) is 2. The largest absolute Gasteiger partial charge is 0.493 e. The second-order valence-electron chi connectivity index (χ2n) is 5.17. The third-order valence-corrected chi connectivity index (χ3v) is 3.47. The van der Waals surface area contributed by atoms with Gasteiger partial charge in [-0.2, -0.15) is 5.10 Å². The predicted octanol–water partition coefficient (Wildman–Crippen LogP) is 2.87. The molecule has 0 unspecified atom stereocenters. The summed E-state index contributed by atoms with van der Waals surface area (Å²) in [5.41, 5.74) is 4.08. The highest BCUT2D eigenvalue weighted by atomic mass is 32.1. The Bertz CT molecular complexity index is 796. The van der Waals surface area contributed by atoms with Crippen molar-refractivity contribution in [2.75, 3.05) is 12.4 Å². The SMILES string of the molecule is COc1cccc(/C=N/NC(=S)Nc2ccccc2)c1O[C@@H](C)C(=O)O. The third-order valence-electron chi connectivity index (χ3n) is 3.27. The Balaban J connectivity index is 2.09. The van der Waals surface area contributed by atoms with Gasteiger partial charge in [0.05, 0.1) is 13.3 Å². The van der Waals surface area contributed by atoms with Crippen LogP contribution < -0.4 is 20.2 Å². The minimum atomic E-state index is -1.08. The molecule has 0 aliphatic rings. The van der Waals surface area contributed by atoms with Crippen LogP contribution in [0.5, 0.6) is 11.5 Å². The maximum atomic E-state index is 11.1. The van der Waals surface area contributed by atoms with Gasteiger partial charge in [-0.25, -0.2) is 4.79 Å². The first-order valence-electron chi connectivity index (χ1n) is 7.73. The maximum Gasteiger partial charge on any atom is 0.344 e. The highest BCUT2D eigenvalue weighted by molar-refractivity contribution is 7.80. The molecule has 0 aliphatic carbocycles. The molecule has 0 aliphatic heterocycles. The number of aliphatic carboxylic acids is 1. The van der Waals surface area contributed by atoms with Gasteiger partial charge in [0.2, 0.25) is 0 Å². The van der Waals surface area contributed by atoms with Crippen molar-refractivity contribution in [1.82, 2.24) is 5.43 Å². The molecular formula is C18H19N3O4S. The van der Waals surface area contributed by atoms with E-state index < -0.39 is 12.1 Å². The second-order valence-corrected chi connectivity index (χ2v) is 5.58. The van der Waals surface area contributed by atoms with Crippen LogP contribution >= 0.6 is 12.2 Å². The smallest absolute Gasteiger partial charge is 0.344 e. The number of hydrogen-bond donors (Lipinski definition) is 3. The molecule has 0 spiro atoms. The minimum Gasteiger partial charge on any atom is -0.493 e. The van der Waals surface area contributed by atoms with Crippen molar-refractivity contribution < 1.29 is 19.4 Å². The minimum absolute atomic E-state index is 0.289. The molecular weight excluding hydrogens is 354 g/mol. The summed E-state index contributed by atoms with van der Waals surface area (Å²) in [6.45, 7) is 1.44. The Labute approximate surface area is 156 Å². The highest BCUT2D eigenvalue weighted by Gasteiger charge is 2.17. The van der Waals surface area contributed by atoms with Gasteiger partial charge in [-0.15, -0.1) is 0 Å². The number of thiocarbonyl (C=S) groups is 1. The van der Waals surface area contributed by atoms with E-state index in [4.69, 9.17) is 26.8 Å². The number of hydrazone groups is 1. The quantitative estimate of drug-likeness (QED) is 0.390. The normalized spacial score (nSPS) is 11.6. The number of hydrogen-bond acceptors (Lipinski definition) is 5. The van der Waals surface area contributed by atoms with Gasteiger partial charge in [0.25, 0.3) is 0 Å². The zero-order valence-corrected chi connectivity index (χ0v) is 15.1. The fraction of sp³-hybridized carbons (Fsp3) is 0.167. The Hall–Kier alpha value is -3.13. The Morgan fingerprint density at radius 1 is 1.23 bits per heavy atom. The maximum absolute atomic E-state index is 11.1. The molecule has 0 aromatic heterocycles. The molecule has 2 aromatic carbocycles. The number of carboxylic acid groups (broad SMARTS) is 1. The van der Waals surface area contributed by atoms with Crippen molar-refractivity contribution in [1.29, 1.82) is 0 Å². The Morgan fingerprint density at radius 3 is 2.62 bits per heavy atom. The van der Waals surface area contributed by atoms with Gasteiger partial charge in [-0.3, -0.25) is 5.43 Å². The summed E-state index contributed by atoms with van der Waals surface area (Å²) in [6, 6.07) is 14.6. The molecule has 0 saturated carbocycles. The number of benzene rings is 2. The summed E-state index contributed by atoms with van der Waals surface area (Å²) < 4.78 is 10.7. The van der Waals surface area contributed by atoms with E-state index in [2.05, 4.69) is 15.8 Å². The average Bonchev–Trinajstić information content (AvgIpc) is 2.63. The van der Waals surface area contributed by atoms with E-state index in [1.807, 2.05) is 30.3 Å². The molecule has 0 radical (unpaired) electrons. The van der Waals surface area contributed by atoms with Crippen LogP contribution in [-0.4, -0.2) is 35.6 Å². The predicted molar refractivity (Wildman–Crippen MR) is 104 cm³/mol. The topological polar surface area (TPSA) is 92.2 Å². The van der Waals surface area contributed by atoms with E-state index in [0.717, 1.165) is 5.69 Å². The first-order chi connectivity index (χ1) is 12.5. The van der Waals surface area contributed by atoms with E-state index in [9.17, 15) is 4.79 Å². The lowest BCUT2D eigenvalue weighted by Crippen LogP contribution is -2.24. The molecule has 0 heterocycles. The summed E-state index contributed by atoms with van der Waals surface area (Å²) in [4.78, 5) is 11.1. The van der Waals surface area contributed by atoms with Gasteiger partial charge in [0.15, 0.2) is 22.7 Å². The first kappa shape index (κ1) is 19.2. The van der Waals surface area contributed by atoms with Gasteiger partial charge in [0.1, 0.15) is 0 Å². The molecule has 2 aromatic rings. The summed E-state index contributed by atoms with van der Waals surface area (Å²) >= 11 is 5.17. The van der Waals surface area contributed by atoms with Gasteiger partial charge in [0, 0.05) is 11.3 Å². The third kappa shape index (κ3) is 5.45. The highest BCUT2D eigenvalue weighted by Crippen LogP contribution is 2.31. The molecule has 7 nitrogen and oxygen atoms in total. The molecule has 26 heavy (non-hydrogen) atoms. The van der Waals surface area contributed by atoms with Crippen LogP contribution in [0.3, 0.4) is 0 Å². The zero-order valence-electron chi connectivity index (χ0n) is 14.3. The van der Waals surface area contributed by atoms with Crippen molar-refractivity contribution in [2.24, 2.45) is 5.10 Å². The lowest BCUT2D eigenvalue weighted by atomic mass is 10.2. The fourth-order valence-electron chi connectivity index (χ4n) is 1.99. The summed E-state index contributed by atoms with van der Waals surface area (Å²) in [5.74, 6) is -0.380. The number of ether oxygens (including phenoxy) is 2. The summed E-state index contributed by atoms with van der Waals surface area (Å²) in [5, 5.41) is 16.4. The molecule has 0 saturated heterocycles. The molecule has 1 atom stereocenters. The summed E-state index contributed by atoms with van der Waals surface area (Å²) in [6.07, 6.45) is 0.443. The van der Waals surface area contributed by atoms with Crippen LogP contribution in [0.2, 0.25) is 0 Å². The van der Waals surface area contributed by atoms with E-state index in [0.29, 0.717) is 16.4 Å². The van der Waals surface area contributed by atoms with Crippen LogP contribution in [0.25, 0.3) is 0 Å². The Morgan fingerprint density at radius 2 is 1.96 bits per heavy atom. The van der Waals surface area contributed by atoms with E-state index >= 15 is 0 Å². The number of nitrogens with zero attached hydrogens (tertiary/aromatic N) is 1. The van der Waals surface area contributed by atoms with Crippen LogP contribution in [0.15, 0.2) is 53.6 Å². The molecule has 136 valence electrons. The fourth-order valence-corrected chi connectivity index (χ4v) is 2.16. The number of methoxy groups -OCH3 is 1. The molecule has 0 bridgehead atoms. The van der Waals surface area contributed by atoms with E-state index in [-0.39, 0.29) is 5.75 Å².